The van der Waals surface area contributed by atoms with Crippen molar-refractivity contribution in [2.75, 3.05) is 13.1 Å². The monoisotopic (exact) mass is 331 g/mol. The number of rotatable bonds is 4. The van der Waals surface area contributed by atoms with Crippen molar-refractivity contribution in [3.05, 3.63) is 34.5 Å². The average Bonchev–Trinajstić information content (AvgIpc) is 3.32. The van der Waals surface area contributed by atoms with Gasteiger partial charge in [-0.25, -0.2) is 9.67 Å². The van der Waals surface area contributed by atoms with Gasteiger partial charge in [0.25, 0.3) is 0 Å². The Labute approximate surface area is 139 Å². The molecule has 0 aliphatic carbocycles. The largest absolute Gasteiger partial charge is 0.335 e. The van der Waals surface area contributed by atoms with Gasteiger partial charge in [0, 0.05) is 19.0 Å². The van der Waals surface area contributed by atoms with Gasteiger partial charge in [0.05, 0.1) is 19.1 Å². The third-order valence-corrected chi connectivity index (χ3v) is 5.55. The Morgan fingerprint density at radius 3 is 3.26 bits per heavy atom. The molecule has 2 aromatic heterocycles. The molecule has 2 atom stereocenters. The van der Waals surface area contributed by atoms with E-state index in [9.17, 15) is 4.79 Å². The Morgan fingerprint density at radius 1 is 1.43 bits per heavy atom. The molecule has 4 rings (SSSR count). The summed E-state index contributed by atoms with van der Waals surface area (Å²) in [5.74, 6) is 1.26. The summed E-state index contributed by atoms with van der Waals surface area (Å²) in [4.78, 5) is 18.9. The van der Waals surface area contributed by atoms with Crippen LogP contribution in [0.25, 0.3) is 0 Å². The van der Waals surface area contributed by atoms with E-state index in [1.807, 2.05) is 9.58 Å². The number of aryl methyl sites for hydroxylation is 1. The smallest absolute Gasteiger partial charge is 0.237 e. The van der Waals surface area contributed by atoms with E-state index in [2.05, 4.69) is 32.2 Å². The van der Waals surface area contributed by atoms with E-state index in [0.29, 0.717) is 12.6 Å². The second-order valence-corrected chi connectivity index (χ2v) is 7.06. The van der Waals surface area contributed by atoms with Crippen LogP contribution in [-0.4, -0.2) is 44.7 Å². The highest BCUT2D eigenvalue weighted by Gasteiger charge is 2.30. The molecule has 1 fully saturated rings. The topological polar surface area (TPSA) is 63.1 Å². The number of hydrogen-bond acceptors (Lipinski definition) is 5. The molecule has 1 saturated heterocycles. The second kappa shape index (κ2) is 6.41. The molecule has 4 heterocycles. The molecule has 2 aliphatic heterocycles. The van der Waals surface area contributed by atoms with E-state index in [1.54, 1.807) is 17.7 Å². The van der Waals surface area contributed by atoms with Crippen LogP contribution in [0.5, 0.6) is 0 Å². The summed E-state index contributed by atoms with van der Waals surface area (Å²) in [6.45, 7) is 2.09. The zero-order valence-corrected chi connectivity index (χ0v) is 13.8. The lowest BCUT2D eigenvalue weighted by molar-refractivity contribution is -0.131. The molecule has 2 aromatic rings. The molecule has 0 aromatic carbocycles. The third kappa shape index (κ3) is 3.03. The summed E-state index contributed by atoms with van der Waals surface area (Å²) in [5.41, 5.74) is 1.28. The minimum absolute atomic E-state index is 0.211. The van der Waals surface area contributed by atoms with Crippen LogP contribution in [0.3, 0.4) is 0 Å². The predicted octanol–water partition coefficient (Wildman–Crippen LogP) is 1.61. The zero-order chi connectivity index (χ0) is 15.6. The summed E-state index contributed by atoms with van der Waals surface area (Å²) >= 11 is 1.70. The van der Waals surface area contributed by atoms with Crippen molar-refractivity contribution >= 4 is 17.2 Å². The fraction of sp³-hybridized carbons (Fsp3) is 0.562. The van der Waals surface area contributed by atoms with Crippen LogP contribution in [-0.2, 0) is 17.8 Å². The van der Waals surface area contributed by atoms with E-state index in [4.69, 9.17) is 0 Å². The first-order valence-electron chi connectivity index (χ1n) is 8.23. The molecule has 23 heavy (non-hydrogen) atoms. The van der Waals surface area contributed by atoms with Gasteiger partial charge >= 0.3 is 0 Å². The molecule has 7 heteroatoms. The van der Waals surface area contributed by atoms with Crippen LogP contribution < -0.4 is 5.32 Å². The molecular weight excluding hydrogens is 310 g/mol. The first-order valence-corrected chi connectivity index (χ1v) is 9.17. The second-order valence-electron chi connectivity index (χ2n) is 6.28. The third-order valence-electron chi connectivity index (χ3n) is 4.85. The van der Waals surface area contributed by atoms with Crippen molar-refractivity contribution in [3.8, 4) is 0 Å². The maximum absolute atomic E-state index is 12.6. The fourth-order valence-corrected chi connectivity index (χ4v) is 4.32. The Hall–Kier alpha value is -1.73. The number of likely N-dealkylation sites (tertiary alicyclic amines) is 1. The number of fused-ring (bicyclic) bond motifs is 1. The highest BCUT2D eigenvalue weighted by Crippen LogP contribution is 2.32. The van der Waals surface area contributed by atoms with E-state index >= 15 is 0 Å². The molecule has 1 N–H and O–H groups in total. The quantitative estimate of drug-likeness (QED) is 0.924. The van der Waals surface area contributed by atoms with E-state index in [0.717, 1.165) is 44.6 Å². The van der Waals surface area contributed by atoms with Crippen molar-refractivity contribution in [1.29, 1.82) is 0 Å². The molecule has 0 radical (unpaired) electrons. The van der Waals surface area contributed by atoms with Crippen LogP contribution >= 0.6 is 11.3 Å². The minimum atomic E-state index is 0.211. The summed E-state index contributed by atoms with van der Waals surface area (Å²) in [7, 11) is 0. The number of aromatic nitrogens is 3. The van der Waals surface area contributed by atoms with E-state index in [1.165, 1.54) is 5.56 Å². The number of hydrogen-bond donors (Lipinski definition) is 1. The summed E-state index contributed by atoms with van der Waals surface area (Å²) in [6, 6.07) is 2.71. The highest BCUT2D eigenvalue weighted by molar-refractivity contribution is 7.07. The zero-order valence-electron chi connectivity index (χ0n) is 13.0. The van der Waals surface area contributed by atoms with Gasteiger partial charge < -0.3 is 10.2 Å². The number of carbonyl (C=O) groups is 1. The van der Waals surface area contributed by atoms with Crippen molar-refractivity contribution in [3.63, 3.8) is 0 Å². The van der Waals surface area contributed by atoms with Gasteiger partial charge in [-0.05, 0) is 41.7 Å². The van der Waals surface area contributed by atoms with Crippen LogP contribution in [0.1, 0.15) is 36.7 Å². The van der Waals surface area contributed by atoms with Gasteiger partial charge in [0.15, 0.2) is 0 Å². The highest BCUT2D eigenvalue weighted by atomic mass is 32.1. The Morgan fingerprint density at radius 2 is 2.39 bits per heavy atom. The molecule has 0 unspecified atom stereocenters. The van der Waals surface area contributed by atoms with Gasteiger partial charge in [0.1, 0.15) is 12.2 Å². The molecule has 0 spiro atoms. The lowest BCUT2D eigenvalue weighted by Gasteiger charge is -2.27. The maximum Gasteiger partial charge on any atom is 0.237 e. The molecule has 2 aliphatic rings. The van der Waals surface area contributed by atoms with Gasteiger partial charge in [-0.3, -0.25) is 4.79 Å². The van der Waals surface area contributed by atoms with Gasteiger partial charge in [-0.15, -0.1) is 0 Å². The van der Waals surface area contributed by atoms with Crippen molar-refractivity contribution in [2.45, 2.75) is 44.3 Å². The Bertz CT molecular complexity index is 668. The van der Waals surface area contributed by atoms with Crippen LogP contribution in [0.2, 0.25) is 0 Å². The van der Waals surface area contributed by atoms with Crippen LogP contribution in [0.4, 0.5) is 0 Å². The van der Waals surface area contributed by atoms with Crippen LogP contribution in [0.15, 0.2) is 23.2 Å². The Kier molecular flexibility index (Phi) is 4.13. The van der Waals surface area contributed by atoms with Gasteiger partial charge in [0.2, 0.25) is 5.91 Å². The average molecular weight is 331 g/mol. The normalized spacial score (nSPS) is 23.9. The first-order chi connectivity index (χ1) is 11.3. The van der Waals surface area contributed by atoms with Crippen molar-refractivity contribution in [2.24, 2.45) is 0 Å². The summed E-state index contributed by atoms with van der Waals surface area (Å²) in [6.07, 6.45) is 5.72. The number of nitrogens with one attached hydrogen (secondary N) is 1. The molecule has 0 saturated carbocycles. The number of nitrogens with zero attached hydrogens (tertiary/aromatic N) is 4. The number of amides is 1. The van der Waals surface area contributed by atoms with Crippen molar-refractivity contribution in [1.82, 2.24) is 25.0 Å². The lowest BCUT2D eigenvalue weighted by atomic mass is 10.1. The van der Waals surface area contributed by atoms with Crippen molar-refractivity contribution < 1.29 is 4.79 Å². The molecular formula is C16H21N5OS. The molecule has 0 bridgehead atoms. The Balaban J connectivity index is 1.33. The van der Waals surface area contributed by atoms with Crippen LogP contribution in [0, 0.1) is 0 Å². The van der Waals surface area contributed by atoms with Gasteiger partial charge in [-0.2, -0.15) is 16.4 Å². The lowest BCUT2D eigenvalue weighted by Crippen LogP contribution is -2.44. The summed E-state index contributed by atoms with van der Waals surface area (Å²) < 4.78 is 1.94. The molecule has 6 nitrogen and oxygen atoms in total. The SMILES string of the molecule is O=C(CN[C@@H]1CCc2ncnn2C1)N1CCC[C@@H]1c1ccsc1. The predicted molar refractivity (Wildman–Crippen MR) is 88.1 cm³/mol. The summed E-state index contributed by atoms with van der Waals surface area (Å²) in [5, 5.41) is 11.9. The molecule has 1 amide bonds. The maximum atomic E-state index is 12.6. The van der Waals surface area contributed by atoms with E-state index < -0.39 is 0 Å². The standard InChI is InChI=1S/C16H21N5OS/c22-16(20-6-1-2-14(20)12-5-7-23-10-12)8-17-13-3-4-15-18-11-19-21(15)9-13/h5,7,10-11,13-14,17H,1-4,6,8-9H2/t13-,14-/m1/s1. The van der Waals surface area contributed by atoms with E-state index in [-0.39, 0.29) is 11.9 Å². The van der Waals surface area contributed by atoms with Gasteiger partial charge in [-0.1, -0.05) is 0 Å². The number of thiophene rings is 1. The number of carbonyl (C=O) groups excluding carboxylic acids is 1. The minimum Gasteiger partial charge on any atom is -0.335 e. The molecule has 122 valence electrons. The fourth-order valence-electron chi connectivity index (χ4n) is 3.61. The first kappa shape index (κ1) is 14.8.